The molecule has 0 spiro atoms. The normalized spacial score (nSPS) is 14.2. The largest absolute Gasteiger partial charge is 0.353 e. The minimum absolute atomic E-state index is 0.191. The number of hydrogen-bond donors (Lipinski definition) is 3. The summed E-state index contributed by atoms with van der Waals surface area (Å²) in [6.07, 6.45) is 5.27. The first-order chi connectivity index (χ1) is 17.1. The summed E-state index contributed by atoms with van der Waals surface area (Å²) in [6, 6.07) is 13.4. The highest BCUT2D eigenvalue weighted by Gasteiger charge is 2.24. The number of nitrogens with two attached hydrogens (primary N) is 1. The molecule has 35 heavy (non-hydrogen) atoms. The molecule has 0 unspecified atom stereocenters. The molecule has 6 aromatic rings. The third-order valence-corrected chi connectivity index (χ3v) is 7.20. The van der Waals surface area contributed by atoms with Crippen LogP contribution in [0.4, 0.5) is 10.2 Å². The minimum atomic E-state index is -0.232. The van der Waals surface area contributed by atoms with Crippen molar-refractivity contribution < 1.29 is 4.39 Å². The smallest absolute Gasteiger partial charge is 0.177 e. The van der Waals surface area contributed by atoms with Crippen LogP contribution in [0.25, 0.3) is 55.0 Å². The number of thiophene rings is 1. The van der Waals surface area contributed by atoms with Crippen LogP contribution in [0.3, 0.4) is 0 Å². The SMILES string of the molecule is NC1CN(c2cncc(-c3ccc4[nH]nc(-c5cc6c(-c7ccc(F)s7)nccc6[nH]5)c4c3)n2)C1. The fourth-order valence-corrected chi connectivity index (χ4v) is 5.29. The molecule has 1 aromatic carbocycles. The van der Waals surface area contributed by atoms with Crippen LogP contribution in [0.5, 0.6) is 0 Å². The maximum absolute atomic E-state index is 13.7. The molecule has 0 amide bonds. The summed E-state index contributed by atoms with van der Waals surface area (Å²) in [6.45, 7) is 1.58. The molecule has 5 aromatic heterocycles. The second-order valence-electron chi connectivity index (χ2n) is 8.67. The summed E-state index contributed by atoms with van der Waals surface area (Å²) in [5, 5.41) is 9.36. The highest BCUT2D eigenvalue weighted by Crippen LogP contribution is 2.36. The van der Waals surface area contributed by atoms with Crippen LogP contribution in [0.1, 0.15) is 0 Å². The fraction of sp³-hybridized carbons (Fsp3) is 0.120. The lowest BCUT2D eigenvalue weighted by Crippen LogP contribution is -2.56. The molecule has 0 radical (unpaired) electrons. The summed E-state index contributed by atoms with van der Waals surface area (Å²) in [7, 11) is 0. The van der Waals surface area contributed by atoms with Crippen LogP contribution < -0.4 is 10.6 Å². The van der Waals surface area contributed by atoms with Gasteiger partial charge in [0, 0.05) is 47.2 Å². The zero-order chi connectivity index (χ0) is 23.5. The van der Waals surface area contributed by atoms with Gasteiger partial charge in [-0.1, -0.05) is 6.07 Å². The van der Waals surface area contributed by atoms with Crippen molar-refractivity contribution in [3.05, 3.63) is 66.2 Å². The second kappa shape index (κ2) is 7.69. The third-order valence-electron chi connectivity index (χ3n) is 6.32. The highest BCUT2D eigenvalue weighted by molar-refractivity contribution is 7.13. The van der Waals surface area contributed by atoms with Crippen LogP contribution >= 0.6 is 11.3 Å². The van der Waals surface area contributed by atoms with E-state index in [1.165, 1.54) is 6.07 Å². The lowest BCUT2D eigenvalue weighted by Gasteiger charge is -2.37. The van der Waals surface area contributed by atoms with Crippen molar-refractivity contribution >= 4 is 39.0 Å². The van der Waals surface area contributed by atoms with E-state index in [9.17, 15) is 4.39 Å². The summed E-state index contributed by atoms with van der Waals surface area (Å²) in [5.74, 6) is 0.831. The first kappa shape index (κ1) is 20.2. The van der Waals surface area contributed by atoms with Gasteiger partial charge in [0.25, 0.3) is 0 Å². The number of anilines is 1. The van der Waals surface area contributed by atoms with Crippen LogP contribution in [0.2, 0.25) is 0 Å². The number of aromatic amines is 2. The molecular weight excluding hydrogens is 463 g/mol. The van der Waals surface area contributed by atoms with Crippen molar-refractivity contribution in [2.24, 2.45) is 5.73 Å². The summed E-state index contributed by atoms with van der Waals surface area (Å²) < 4.78 is 13.7. The Balaban J connectivity index is 1.31. The summed E-state index contributed by atoms with van der Waals surface area (Å²) in [4.78, 5) is 20.1. The van der Waals surface area contributed by atoms with E-state index in [-0.39, 0.29) is 11.2 Å². The van der Waals surface area contributed by atoms with E-state index >= 15 is 0 Å². The molecule has 0 bridgehead atoms. The predicted molar refractivity (Wildman–Crippen MR) is 136 cm³/mol. The monoisotopic (exact) mass is 482 g/mol. The van der Waals surface area contributed by atoms with Crippen LogP contribution in [-0.2, 0) is 0 Å². The van der Waals surface area contributed by atoms with Crippen LogP contribution in [-0.4, -0.2) is 49.3 Å². The molecule has 1 aliphatic rings. The number of benzene rings is 1. The molecule has 172 valence electrons. The average molecular weight is 483 g/mol. The van der Waals surface area contributed by atoms with E-state index < -0.39 is 0 Å². The molecule has 10 heteroatoms. The standard InChI is InChI=1S/C25H19FN8S/c26-22-4-3-21(35-22)25-16-8-19(30-17(16)5-6-29-25)24-15-7-13(1-2-18(15)32-33-24)20-9-28-10-23(31-20)34-11-14(27)12-34/h1-10,14,30H,11-12,27H2,(H,32,33). The Morgan fingerprint density at radius 1 is 1.00 bits per heavy atom. The van der Waals surface area contributed by atoms with Gasteiger partial charge in [-0.15, -0.1) is 11.3 Å². The van der Waals surface area contributed by atoms with E-state index in [1.807, 2.05) is 24.3 Å². The number of pyridine rings is 1. The van der Waals surface area contributed by atoms with E-state index in [1.54, 1.807) is 24.7 Å². The Morgan fingerprint density at radius 2 is 1.89 bits per heavy atom. The maximum atomic E-state index is 13.7. The van der Waals surface area contributed by atoms with E-state index in [4.69, 9.17) is 10.7 Å². The van der Waals surface area contributed by atoms with Crippen molar-refractivity contribution in [1.82, 2.24) is 30.1 Å². The van der Waals surface area contributed by atoms with Gasteiger partial charge in [-0.3, -0.25) is 15.1 Å². The van der Waals surface area contributed by atoms with Gasteiger partial charge in [-0.2, -0.15) is 9.49 Å². The van der Waals surface area contributed by atoms with Crippen molar-refractivity contribution in [2.45, 2.75) is 6.04 Å². The molecule has 1 fully saturated rings. The molecule has 1 aliphatic heterocycles. The summed E-state index contributed by atoms with van der Waals surface area (Å²) in [5.41, 5.74) is 11.9. The number of H-pyrrole nitrogens is 2. The second-order valence-corrected chi connectivity index (χ2v) is 9.70. The van der Waals surface area contributed by atoms with Gasteiger partial charge in [0.2, 0.25) is 0 Å². The van der Waals surface area contributed by atoms with E-state index in [0.29, 0.717) is 0 Å². The first-order valence-electron chi connectivity index (χ1n) is 11.2. The number of fused-ring (bicyclic) bond motifs is 2. The maximum Gasteiger partial charge on any atom is 0.177 e. The zero-order valence-electron chi connectivity index (χ0n) is 18.4. The van der Waals surface area contributed by atoms with Crippen molar-refractivity contribution in [1.29, 1.82) is 0 Å². The molecular formula is C25H19FN8S. The van der Waals surface area contributed by atoms with Gasteiger partial charge in [-0.25, -0.2) is 4.98 Å². The van der Waals surface area contributed by atoms with Gasteiger partial charge < -0.3 is 15.6 Å². The molecule has 0 saturated carbocycles. The van der Waals surface area contributed by atoms with Gasteiger partial charge in [-0.05, 0) is 36.4 Å². The molecule has 7 rings (SSSR count). The Bertz CT molecular complexity index is 1710. The van der Waals surface area contributed by atoms with Gasteiger partial charge in [0.05, 0.1) is 39.9 Å². The fourth-order valence-electron chi connectivity index (χ4n) is 4.54. The van der Waals surface area contributed by atoms with Gasteiger partial charge >= 0.3 is 0 Å². The van der Waals surface area contributed by atoms with Crippen LogP contribution in [0.15, 0.2) is 61.1 Å². The predicted octanol–water partition coefficient (Wildman–Crippen LogP) is 4.58. The Labute approximate surface area is 202 Å². The molecule has 1 saturated heterocycles. The number of nitrogens with one attached hydrogen (secondary N) is 2. The summed E-state index contributed by atoms with van der Waals surface area (Å²) >= 11 is 1.09. The van der Waals surface area contributed by atoms with Gasteiger partial charge in [0.1, 0.15) is 11.5 Å². The number of halogens is 1. The Hall–Kier alpha value is -4.15. The molecule has 0 atom stereocenters. The minimum Gasteiger partial charge on any atom is -0.353 e. The Kier molecular flexibility index (Phi) is 4.45. The van der Waals surface area contributed by atoms with Crippen LogP contribution in [0, 0.1) is 5.13 Å². The Morgan fingerprint density at radius 3 is 2.71 bits per heavy atom. The quantitative estimate of drug-likeness (QED) is 0.339. The zero-order valence-corrected chi connectivity index (χ0v) is 19.2. The van der Waals surface area contributed by atoms with Gasteiger partial charge in [0.15, 0.2) is 5.13 Å². The highest BCUT2D eigenvalue weighted by atomic mass is 32.1. The number of rotatable bonds is 4. The van der Waals surface area contributed by atoms with Crippen molar-refractivity contribution in [3.63, 3.8) is 0 Å². The molecule has 6 heterocycles. The molecule has 0 aliphatic carbocycles. The number of aromatic nitrogens is 6. The van der Waals surface area contributed by atoms with E-state index in [0.717, 1.165) is 85.3 Å². The molecule has 8 nitrogen and oxygen atoms in total. The number of hydrogen-bond acceptors (Lipinski definition) is 7. The topological polar surface area (TPSA) is 112 Å². The lowest BCUT2D eigenvalue weighted by molar-refractivity contribution is 0.514. The average Bonchev–Trinajstić information content (AvgIpc) is 3.59. The molecule has 4 N–H and O–H groups in total. The lowest BCUT2D eigenvalue weighted by atomic mass is 10.1. The number of nitrogens with zero attached hydrogens (tertiary/aromatic N) is 5. The third kappa shape index (κ3) is 3.37. The van der Waals surface area contributed by atoms with E-state index in [2.05, 4.69) is 36.1 Å². The van der Waals surface area contributed by atoms with Crippen molar-refractivity contribution in [3.8, 4) is 33.2 Å². The van der Waals surface area contributed by atoms with Crippen molar-refractivity contribution in [2.75, 3.05) is 18.0 Å². The first-order valence-corrected chi connectivity index (χ1v) is 12.0.